The van der Waals surface area contributed by atoms with E-state index >= 15 is 0 Å². The molecular weight excluding hydrogens is 222 g/mol. The topological polar surface area (TPSA) is 56.7 Å². The van der Waals surface area contributed by atoms with Crippen molar-refractivity contribution in [1.29, 1.82) is 0 Å². The minimum atomic E-state index is -0.207. The van der Waals surface area contributed by atoms with Crippen LogP contribution in [-0.2, 0) is 14.2 Å². The van der Waals surface area contributed by atoms with E-state index in [1.165, 1.54) is 0 Å². The Bertz CT molecular complexity index is 349. The summed E-state index contributed by atoms with van der Waals surface area (Å²) in [4.78, 5) is 2.00. The Morgan fingerprint density at radius 1 is 1.24 bits per heavy atom. The fraction of sp³-hybridized carbons (Fsp3) is 0.636. The molecule has 6 heteroatoms. The van der Waals surface area contributed by atoms with E-state index in [2.05, 4.69) is 10.2 Å². The third-order valence-electron chi connectivity index (χ3n) is 3.00. The smallest absolute Gasteiger partial charge is 0.160 e. The lowest BCUT2D eigenvalue weighted by Gasteiger charge is -2.26. The quantitative estimate of drug-likeness (QED) is 0.753. The Morgan fingerprint density at radius 3 is 2.59 bits per heavy atom. The SMILES string of the molecule is COC1CN(c2cccnn2)C(OC)C1OC. The normalized spacial score (nSPS) is 28.6. The number of nitrogens with zero attached hydrogens (tertiary/aromatic N) is 3. The van der Waals surface area contributed by atoms with Gasteiger partial charge in [-0.05, 0) is 12.1 Å². The summed E-state index contributed by atoms with van der Waals surface area (Å²) in [5.74, 6) is 0.765. The Balaban J connectivity index is 2.23. The lowest BCUT2D eigenvalue weighted by molar-refractivity contribution is -0.0703. The van der Waals surface area contributed by atoms with Crippen LogP contribution in [0.25, 0.3) is 0 Å². The second-order valence-electron chi connectivity index (χ2n) is 3.83. The largest absolute Gasteiger partial charge is 0.377 e. The fourth-order valence-corrected chi connectivity index (χ4v) is 2.17. The van der Waals surface area contributed by atoms with Crippen LogP contribution in [-0.4, -0.2) is 56.5 Å². The molecule has 1 fully saturated rings. The Morgan fingerprint density at radius 2 is 2.06 bits per heavy atom. The monoisotopic (exact) mass is 239 g/mol. The molecule has 0 aliphatic carbocycles. The first-order valence-electron chi connectivity index (χ1n) is 5.44. The summed E-state index contributed by atoms with van der Waals surface area (Å²) in [6.45, 7) is 0.673. The van der Waals surface area contributed by atoms with E-state index in [1.807, 2.05) is 17.0 Å². The van der Waals surface area contributed by atoms with Gasteiger partial charge in [-0.3, -0.25) is 0 Å². The summed E-state index contributed by atoms with van der Waals surface area (Å²) >= 11 is 0. The Kier molecular flexibility index (Phi) is 3.88. The predicted molar refractivity (Wildman–Crippen MR) is 61.8 cm³/mol. The molecule has 0 amide bonds. The molecule has 94 valence electrons. The molecule has 3 atom stereocenters. The molecule has 0 aromatic carbocycles. The van der Waals surface area contributed by atoms with Crippen molar-refractivity contribution >= 4 is 5.82 Å². The second kappa shape index (κ2) is 5.39. The molecule has 3 unspecified atom stereocenters. The number of hydrogen-bond donors (Lipinski definition) is 0. The summed E-state index contributed by atoms with van der Waals surface area (Å²) in [5.41, 5.74) is 0. The Labute approximate surface area is 100 Å². The van der Waals surface area contributed by atoms with Crippen LogP contribution in [0.4, 0.5) is 5.82 Å². The molecule has 1 aromatic heterocycles. The lowest BCUT2D eigenvalue weighted by Crippen LogP contribution is -2.39. The molecule has 2 rings (SSSR count). The molecule has 0 radical (unpaired) electrons. The molecule has 0 N–H and O–H groups in total. The van der Waals surface area contributed by atoms with Crippen molar-refractivity contribution in [2.45, 2.75) is 18.4 Å². The highest BCUT2D eigenvalue weighted by molar-refractivity contribution is 5.40. The van der Waals surface area contributed by atoms with Gasteiger partial charge < -0.3 is 19.1 Å². The van der Waals surface area contributed by atoms with Gasteiger partial charge in [-0.1, -0.05) is 0 Å². The third kappa shape index (κ3) is 2.24. The van der Waals surface area contributed by atoms with Crippen LogP contribution in [0.3, 0.4) is 0 Å². The number of rotatable bonds is 4. The standard InChI is InChI=1S/C11H17N3O3/c1-15-8-7-14(9-5-4-6-12-13-9)11(17-3)10(8)16-2/h4-6,8,10-11H,7H2,1-3H3. The van der Waals surface area contributed by atoms with Gasteiger partial charge in [0, 0.05) is 27.5 Å². The molecule has 1 saturated heterocycles. The molecular formula is C11H17N3O3. The van der Waals surface area contributed by atoms with Crippen molar-refractivity contribution in [2.24, 2.45) is 0 Å². The molecule has 1 aromatic rings. The molecule has 1 aliphatic heterocycles. The highest BCUT2D eigenvalue weighted by Crippen LogP contribution is 2.27. The second-order valence-corrected chi connectivity index (χ2v) is 3.83. The first-order chi connectivity index (χ1) is 8.31. The summed E-state index contributed by atoms with van der Waals surface area (Å²) < 4.78 is 16.3. The van der Waals surface area contributed by atoms with Crippen molar-refractivity contribution in [3.05, 3.63) is 18.3 Å². The van der Waals surface area contributed by atoms with E-state index in [9.17, 15) is 0 Å². The van der Waals surface area contributed by atoms with Gasteiger partial charge in [-0.25, -0.2) is 0 Å². The Hall–Kier alpha value is -1.24. The van der Waals surface area contributed by atoms with Crippen molar-refractivity contribution in [3.8, 4) is 0 Å². The van der Waals surface area contributed by atoms with Gasteiger partial charge in [-0.2, -0.15) is 5.10 Å². The van der Waals surface area contributed by atoms with Gasteiger partial charge in [0.25, 0.3) is 0 Å². The van der Waals surface area contributed by atoms with Crippen molar-refractivity contribution < 1.29 is 14.2 Å². The van der Waals surface area contributed by atoms with Crippen molar-refractivity contribution in [2.75, 3.05) is 32.8 Å². The van der Waals surface area contributed by atoms with Gasteiger partial charge in [-0.15, -0.1) is 5.10 Å². The van der Waals surface area contributed by atoms with Gasteiger partial charge in [0.05, 0.1) is 6.54 Å². The highest BCUT2D eigenvalue weighted by Gasteiger charge is 2.43. The number of hydrogen-bond acceptors (Lipinski definition) is 6. The maximum atomic E-state index is 5.47. The minimum absolute atomic E-state index is 0.0352. The van der Waals surface area contributed by atoms with Crippen LogP contribution in [0.5, 0.6) is 0 Å². The van der Waals surface area contributed by atoms with Crippen molar-refractivity contribution in [3.63, 3.8) is 0 Å². The summed E-state index contributed by atoms with van der Waals surface area (Å²) in [5, 5.41) is 7.95. The summed E-state index contributed by atoms with van der Waals surface area (Å²) in [7, 11) is 4.98. The summed E-state index contributed by atoms with van der Waals surface area (Å²) in [6, 6.07) is 3.74. The van der Waals surface area contributed by atoms with Crippen LogP contribution < -0.4 is 4.90 Å². The molecule has 0 saturated carbocycles. The van der Waals surface area contributed by atoms with Gasteiger partial charge in [0.1, 0.15) is 12.2 Å². The molecule has 1 aliphatic rings. The average molecular weight is 239 g/mol. The van der Waals surface area contributed by atoms with Crippen LogP contribution in [0, 0.1) is 0 Å². The van der Waals surface area contributed by atoms with Crippen LogP contribution in [0.1, 0.15) is 0 Å². The number of anilines is 1. The third-order valence-corrected chi connectivity index (χ3v) is 3.00. The predicted octanol–water partition coefficient (Wildman–Crippen LogP) is 0.299. The van der Waals surface area contributed by atoms with E-state index < -0.39 is 0 Å². The molecule has 2 heterocycles. The van der Waals surface area contributed by atoms with Crippen LogP contribution in [0.15, 0.2) is 18.3 Å². The first-order valence-corrected chi connectivity index (χ1v) is 5.44. The van der Waals surface area contributed by atoms with Crippen LogP contribution >= 0.6 is 0 Å². The van der Waals surface area contributed by atoms with E-state index in [1.54, 1.807) is 27.5 Å². The zero-order chi connectivity index (χ0) is 12.3. The molecule has 6 nitrogen and oxygen atoms in total. The zero-order valence-corrected chi connectivity index (χ0v) is 10.2. The number of methoxy groups -OCH3 is 3. The molecule has 0 bridgehead atoms. The number of ether oxygens (including phenoxy) is 3. The average Bonchev–Trinajstić information content (AvgIpc) is 2.77. The van der Waals surface area contributed by atoms with Gasteiger partial charge in [0.2, 0.25) is 0 Å². The van der Waals surface area contributed by atoms with Gasteiger partial charge in [0.15, 0.2) is 12.0 Å². The van der Waals surface area contributed by atoms with Crippen molar-refractivity contribution in [1.82, 2.24) is 10.2 Å². The maximum Gasteiger partial charge on any atom is 0.160 e. The maximum absolute atomic E-state index is 5.47. The van der Waals surface area contributed by atoms with E-state index in [-0.39, 0.29) is 18.4 Å². The van der Waals surface area contributed by atoms with E-state index in [0.717, 1.165) is 5.82 Å². The summed E-state index contributed by atoms with van der Waals surface area (Å²) in [6.07, 6.45) is 1.27. The van der Waals surface area contributed by atoms with Gasteiger partial charge >= 0.3 is 0 Å². The number of aromatic nitrogens is 2. The lowest BCUT2D eigenvalue weighted by atomic mass is 10.2. The first kappa shape index (κ1) is 12.2. The van der Waals surface area contributed by atoms with E-state index in [0.29, 0.717) is 6.54 Å². The fourth-order valence-electron chi connectivity index (χ4n) is 2.17. The zero-order valence-electron chi connectivity index (χ0n) is 10.2. The molecule has 17 heavy (non-hydrogen) atoms. The highest BCUT2D eigenvalue weighted by atomic mass is 16.6. The van der Waals surface area contributed by atoms with E-state index in [4.69, 9.17) is 14.2 Å². The van der Waals surface area contributed by atoms with Crippen LogP contribution in [0.2, 0.25) is 0 Å². The minimum Gasteiger partial charge on any atom is -0.377 e. The molecule has 0 spiro atoms.